The van der Waals surface area contributed by atoms with Crippen LogP contribution < -0.4 is 5.32 Å². The molecule has 3 heterocycles. The number of carbonyl (C=O) groups is 1. The van der Waals surface area contributed by atoms with Gasteiger partial charge in [-0.25, -0.2) is 0 Å². The summed E-state index contributed by atoms with van der Waals surface area (Å²) < 4.78 is 5.41. The zero-order valence-electron chi connectivity index (χ0n) is 17.5. The lowest BCUT2D eigenvalue weighted by molar-refractivity contribution is -0.129. The largest absolute Gasteiger partial charge is 0.381 e. The third-order valence-corrected chi connectivity index (χ3v) is 7.13. The smallest absolute Gasteiger partial charge is 0.223 e. The fourth-order valence-corrected chi connectivity index (χ4v) is 5.50. The Labute approximate surface area is 178 Å². The molecule has 1 aliphatic carbocycles. The number of pyridine rings is 1. The molecule has 3 fully saturated rings. The van der Waals surface area contributed by atoms with Crippen molar-refractivity contribution in [1.82, 2.24) is 15.2 Å². The Kier molecular flexibility index (Phi) is 5.82. The number of hydrogen-bond donors (Lipinski definition) is 1. The minimum absolute atomic E-state index is 0.147. The van der Waals surface area contributed by atoms with E-state index in [0.717, 1.165) is 56.9 Å². The van der Waals surface area contributed by atoms with Gasteiger partial charge in [0.25, 0.3) is 0 Å². The van der Waals surface area contributed by atoms with E-state index in [4.69, 9.17) is 4.74 Å². The first-order chi connectivity index (χ1) is 14.8. The van der Waals surface area contributed by atoms with Crippen LogP contribution in [0.3, 0.4) is 0 Å². The third-order valence-electron chi connectivity index (χ3n) is 7.13. The van der Waals surface area contributed by atoms with E-state index in [9.17, 15) is 4.79 Å². The van der Waals surface area contributed by atoms with E-state index in [1.807, 2.05) is 24.4 Å². The summed E-state index contributed by atoms with van der Waals surface area (Å²) >= 11 is 0. The molecule has 3 aliphatic rings. The van der Waals surface area contributed by atoms with Crippen molar-refractivity contribution in [1.29, 1.82) is 0 Å². The second-order valence-corrected chi connectivity index (χ2v) is 9.12. The number of fused-ring (bicyclic) bond motifs is 2. The van der Waals surface area contributed by atoms with Gasteiger partial charge in [0.15, 0.2) is 0 Å². The zero-order chi connectivity index (χ0) is 20.3. The Morgan fingerprint density at radius 3 is 2.40 bits per heavy atom. The SMILES string of the molecule is O=C(NC1[C@@H]2CC[C@H]1CN(Cc1ccc(-c3ccccn3)cc1)C2)C1CCOCC1. The Balaban J connectivity index is 1.17. The molecule has 2 bridgehead atoms. The summed E-state index contributed by atoms with van der Waals surface area (Å²) in [7, 11) is 0. The minimum atomic E-state index is 0.147. The Morgan fingerprint density at radius 2 is 1.73 bits per heavy atom. The van der Waals surface area contributed by atoms with Gasteiger partial charge in [-0.15, -0.1) is 0 Å². The molecule has 1 amide bonds. The number of rotatable bonds is 5. The maximum Gasteiger partial charge on any atom is 0.223 e. The van der Waals surface area contributed by atoms with Crippen molar-refractivity contribution >= 4 is 5.91 Å². The van der Waals surface area contributed by atoms with Crippen molar-refractivity contribution in [2.24, 2.45) is 17.8 Å². The van der Waals surface area contributed by atoms with Crippen LogP contribution in [0.4, 0.5) is 0 Å². The summed E-state index contributed by atoms with van der Waals surface area (Å²) in [5, 5.41) is 3.43. The number of ether oxygens (including phenoxy) is 1. The second-order valence-electron chi connectivity index (χ2n) is 9.12. The molecule has 5 heteroatoms. The number of nitrogens with zero attached hydrogens (tertiary/aromatic N) is 2. The second kappa shape index (κ2) is 8.86. The topological polar surface area (TPSA) is 54.5 Å². The van der Waals surface area contributed by atoms with Gasteiger partial charge in [-0.3, -0.25) is 14.7 Å². The Morgan fingerprint density at radius 1 is 1.00 bits per heavy atom. The molecular weight excluding hydrogens is 374 g/mol. The van der Waals surface area contributed by atoms with E-state index in [1.54, 1.807) is 0 Å². The number of aromatic nitrogens is 1. The van der Waals surface area contributed by atoms with Gasteiger partial charge in [-0.2, -0.15) is 0 Å². The Bertz CT molecular complexity index is 834. The van der Waals surface area contributed by atoms with Crippen LogP contribution in [0, 0.1) is 17.8 Å². The van der Waals surface area contributed by atoms with Crippen LogP contribution in [0.2, 0.25) is 0 Å². The summed E-state index contributed by atoms with van der Waals surface area (Å²) in [6.45, 7) is 4.59. The Hall–Kier alpha value is -2.24. The zero-order valence-corrected chi connectivity index (χ0v) is 17.5. The van der Waals surface area contributed by atoms with Crippen molar-refractivity contribution in [2.75, 3.05) is 26.3 Å². The molecule has 5 nitrogen and oxygen atoms in total. The van der Waals surface area contributed by atoms with E-state index in [-0.39, 0.29) is 11.8 Å². The number of piperidine rings is 1. The van der Waals surface area contributed by atoms with Gasteiger partial charge in [-0.05, 0) is 55.2 Å². The molecule has 1 unspecified atom stereocenters. The van der Waals surface area contributed by atoms with Crippen molar-refractivity contribution in [3.63, 3.8) is 0 Å². The van der Waals surface area contributed by atoms with Crippen LogP contribution in [0.5, 0.6) is 0 Å². The van der Waals surface area contributed by atoms with Crippen molar-refractivity contribution < 1.29 is 9.53 Å². The molecule has 1 saturated carbocycles. The van der Waals surface area contributed by atoms with Crippen molar-refractivity contribution in [2.45, 2.75) is 38.3 Å². The van der Waals surface area contributed by atoms with Gasteiger partial charge in [0.05, 0.1) is 5.69 Å². The van der Waals surface area contributed by atoms with Crippen LogP contribution in [0.1, 0.15) is 31.2 Å². The first-order valence-electron chi connectivity index (χ1n) is 11.4. The van der Waals surface area contributed by atoms with Crippen LogP contribution in [-0.4, -0.2) is 48.1 Å². The van der Waals surface area contributed by atoms with Gasteiger partial charge < -0.3 is 10.1 Å². The lowest BCUT2D eigenvalue weighted by Crippen LogP contribution is -2.53. The summed E-state index contributed by atoms with van der Waals surface area (Å²) in [6.07, 6.45) is 6.05. The molecule has 158 valence electrons. The highest BCUT2D eigenvalue weighted by Crippen LogP contribution is 2.38. The summed E-state index contributed by atoms with van der Waals surface area (Å²) in [6, 6.07) is 15.2. The summed E-state index contributed by atoms with van der Waals surface area (Å²) in [4.78, 5) is 19.7. The highest BCUT2D eigenvalue weighted by atomic mass is 16.5. The van der Waals surface area contributed by atoms with E-state index >= 15 is 0 Å². The van der Waals surface area contributed by atoms with E-state index in [2.05, 4.69) is 39.5 Å². The van der Waals surface area contributed by atoms with Crippen LogP contribution in [0.15, 0.2) is 48.7 Å². The number of hydrogen-bond acceptors (Lipinski definition) is 4. The van der Waals surface area contributed by atoms with Gasteiger partial charge in [0, 0.05) is 56.6 Å². The molecule has 2 saturated heterocycles. The number of nitrogens with one attached hydrogen (secondary N) is 1. The molecule has 1 aromatic heterocycles. The van der Waals surface area contributed by atoms with Gasteiger partial charge in [-0.1, -0.05) is 30.3 Å². The summed E-state index contributed by atoms with van der Waals surface area (Å²) in [5.74, 6) is 1.58. The first kappa shape index (κ1) is 19.7. The highest BCUT2D eigenvalue weighted by Gasteiger charge is 2.43. The predicted octanol–water partition coefficient (Wildman–Crippen LogP) is 3.50. The monoisotopic (exact) mass is 405 g/mol. The van der Waals surface area contributed by atoms with Crippen LogP contribution in [-0.2, 0) is 16.1 Å². The lowest BCUT2D eigenvalue weighted by Gasteiger charge is -2.39. The standard InChI is InChI=1S/C25H31N3O2/c29-25(20-10-13-30-14-11-20)27-24-21-8-9-22(24)17-28(16-21)15-18-4-6-19(7-5-18)23-3-1-2-12-26-23/h1-7,12,20-22,24H,8-11,13-17H2,(H,27,29)/t21-,22+,24?. The quantitative estimate of drug-likeness (QED) is 0.827. The molecule has 0 radical (unpaired) electrons. The summed E-state index contributed by atoms with van der Waals surface area (Å²) in [5.41, 5.74) is 3.52. The third kappa shape index (κ3) is 4.28. The molecule has 1 N–H and O–H groups in total. The maximum atomic E-state index is 12.7. The molecule has 0 spiro atoms. The molecule has 30 heavy (non-hydrogen) atoms. The number of amides is 1. The average Bonchev–Trinajstić information content (AvgIpc) is 3.03. The molecule has 1 aromatic carbocycles. The normalized spacial score (nSPS) is 27.1. The lowest BCUT2D eigenvalue weighted by atomic mass is 9.90. The fraction of sp³-hybridized carbons (Fsp3) is 0.520. The maximum absolute atomic E-state index is 12.7. The first-order valence-corrected chi connectivity index (χ1v) is 11.4. The van der Waals surface area contributed by atoms with Gasteiger partial charge in [0.2, 0.25) is 5.91 Å². The molecule has 2 aromatic rings. The van der Waals surface area contributed by atoms with Crippen molar-refractivity contribution in [3.8, 4) is 11.3 Å². The van der Waals surface area contributed by atoms with Crippen molar-refractivity contribution in [3.05, 3.63) is 54.2 Å². The van der Waals surface area contributed by atoms with E-state index in [1.165, 1.54) is 18.4 Å². The number of carbonyl (C=O) groups excluding carboxylic acids is 1. The van der Waals surface area contributed by atoms with E-state index < -0.39 is 0 Å². The molecule has 5 rings (SSSR count). The predicted molar refractivity (Wildman–Crippen MR) is 117 cm³/mol. The molecule has 3 atom stereocenters. The van der Waals surface area contributed by atoms with Gasteiger partial charge >= 0.3 is 0 Å². The molecule has 2 aliphatic heterocycles. The minimum Gasteiger partial charge on any atom is -0.381 e. The van der Waals surface area contributed by atoms with Crippen LogP contribution in [0.25, 0.3) is 11.3 Å². The number of likely N-dealkylation sites (tertiary alicyclic amines) is 1. The van der Waals surface area contributed by atoms with E-state index in [0.29, 0.717) is 17.9 Å². The number of benzene rings is 1. The molecular formula is C25H31N3O2. The van der Waals surface area contributed by atoms with Crippen LogP contribution >= 0.6 is 0 Å². The average molecular weight is 406 g/mol. The highest BCUT2D eigenvalue weighted by molar-refractivity contribution is 5.79. The fourth-order valence-electron chi connectivity index (χ4n) is 5.50. The van der Waals surface area contributed by atoms with Gasteiger partial charge in [0.1, 0.15) is 0 Å².